The number of rotatable bonds is 3. The predicted octanol–water partition coefficient (Wildman–Crippen LogP) is 6.42. The van der Waals surface area contributed by atoms with Crippen LogP contribution in [0.4, 0.5) is 17.6 Å². The number of hydrogen-bond acceptors (Lipinski definition) is 0. The van der Waals surface area contributed by atoms with Crippen LogP contribution in [0.15, 0.2) is 24.3 Å². The summed E-state index contributed by atoms with van der Waals surface area (Å²) < 4.78 is 59.9. The molecule has 0 saturated heterocycles. The molecule has 0 atom stereocenters. The number of halogens is 4. The fraction of sp³-hybridized carbons (Fsp3) is 0.400. The molecule has 24 heavy (non-hydrogen) atoms. The maximum Gasteiger partial charge on any atom is 0.340 e. The second-order valence-electron chi connectivity index (χ2n) is 6.70. The highest BCUT2D eigenvalue weighted by Gasteiger charge is 2.60. The van der Waals surface area contributed by atoms with Crippen LogP contribution in [0.25, 0.3) is 0 Å². The van der Waals surface area contributed by atoms with Crippen molar-refractivity contribution in [2.45, 2.75) is 53.4 Å². The zero-order valence-electron chi connectivity index (χ0n) is 14.8. The smallest absolute Gasteiger partial charge is 0.194 e. The molecule has 0 aliphatic rings. The summed E-state index contributed by atoms with van der Waals surface area (Å²) in [5.74, 6) is -8.58. The average Bonchev–Trinajstić information content (AvgIpc) is 2.34. The van der Waals surface area contributed by atoms with Crippen molar-refractivity contribution in [3.63, 3.8) is 0 Å². The Morgan fingerprint density at radius 1 is 0.500 bits per heavy atom. The van der Waals surface area contributed by atoms with E-state index in [0.29, 0.717) is 0 Å². The Hall–Kier alpha value is -1.84. The van der Waals surface area contributed by atoms with Crippen molar-refractivity contribution in [3.05, 3.63) is 68.8 Å². The van der Waals surface area contributed by atoms with Crippen molar-refractivity contribution < 1.29 is 17.6 Å². The third-order valence-corrected chi connectivity index (χ3v) is 4.38. The summed E-state index contributed by atoms with van der Waals surface area (Å²) in [6.45, 7) is 9.33. The fourth-order valence-corrected chi connectivity index (χ4v) is 3.66. The highest BCUT2D eigenvalue weighted by molar-refractivity contribution is 5.46. The largest absolute Gasteiger partial charge is 0.340 e. The van der Waals surface area contributed by atoms with Gasteiger partial charge in [0.1, 0.15) is 0 Å². The summed E-state index contributed by atoms with van der Waals surface area (Å²) in [6.07, 6.45) is 0. The quantitative estimate of drug-likeness (QED) is 0.566. The second-order valence-corrected chi connectivity index (χ2v) is 6.70. The van der Waals surface area contributed by atoms with Gasteiger partial charge in [-0.2, -0.15) is 17.6 Å². The summed E-state index contributed by atoms with van der Waals surface area (Å²) in [5.41, 5.74) is 1.10. The monoisotopic (exact) mass is 338 g/mol. The molecule has 0 unspecified atom stereocenters. The molecule has 0 amide bonds. The molecule has 0 nitrogen and oxygen atoms in total. The van der Waals surface area contributed by atoms with Gasteiger partial charge in [-0.15, -0.1) is 0 Å². The number of hydrogen-bond donors (Lipinski definition) is 0. The molecule has 0 heterocycles. The van der Waals surface area contributed by atoms with Crippen LogP contribution in [0.3, 0.4) is 0 Å². The molecule has 0 fully saturated rings. The molecule has 0 radical (unpaired) electrons. The topological polar surface area (TPSA) is 0 Å². The van der Waals surface area contributed by atoms with Gasteiger partial charge in [0, 0.05) is 11.1 Å². The zero-order chi connectivity index (χ0) is 18.4. The predicted molar refractivity (Wildman–Crippen MR) is 89.1 cm³/mol. The van der Waals surface area contributed by atoms with Crippen molar-refractivity contribution in [1.82, 2.24) is 0 Å². The van der Waals surface area contributed by atoms with Gasteiger partial charge < -0.3 is 0 Å². The van der Waals surface area contributed by atoms with Crippen LogP contribution in [0, 0.1) is 41.5 Å². The van der Waals surface area contributed by atoms with Crippen LogP contribution in [0.2, 0.25) is 0 Å². The molecular formula is C20H22F4. The van der Waals surface area contributed by atoms with Gasteiger partial charge in [-0.25, -0.2) is 0 Å². The lowest BCUT2D eigenvalue weighted by Crippen LogP contribution is -2.38. The highest BCUT2D eigenvalue weighted by Crippen LogP contribution is 2.53. The van der Waals surface area contributed by atoms with Gasteiger partial charge in [0.05, 0.1) is 0 Å². The molecule has 0 aliphatic carbocycles. The van der Waals surface area contributed by atoms with Crippen LogP contribution in [0.1, 0.15) is 44.5 Å². The lowest BCUT2D eigenvalue weighted by molar-refractivity contribution is -0.225. The molecule has 2 rings (SSSR count). The molecule has 0 spiro atoms. The standard InChI is InChI=1S/C20H22F4/c1-11-7-13(3)17(14(4)8-11)19(21,22)20(23,24)18-15(5)9-12(2)10-16(18)6/h7-10H,1-6H3. The van der Waals surface area contributed by atoms with E-state index in [1.807, 2.05) is 0 Å². The third-order valence-electron chi connectivity index (χ3n) is 4.38. The molecule has 0 N–H and O–H groups in total. The van der Waals surface area contributed by atoms with Crippen molar-refractivity contribution in [1.29, 1.82) is 0 Å². The third kappa shape index (κ3) is 2.83. The minimum atomic E-state index is -4.29. The molecule has 0 saturated carbocycles. The normalized spacial score (nSPS) is 12.6. The lowest BCUT2D eigenvalue weighted by atomic mass is 9.85. The van der Waals surface area contributed by atoms with Crippen LogP contribution in [0.5, 0.6) is 0 Å². The number of alkyl halides is 4. The molecule has 2 aromatic rings. The Morgan fingerprint density at radius 3 is 0.917 bits per heavy atom. The van der Waals surface area contributed by atoms with Gasteiger partial charge in [-0.3, -0.25) is 0 Å². The van der Waals surface area contributed by atoms with E-state index in [9.17, 15) is 17.6 Å². The summed E-state index contributed by atoms with van der Waals surface area (Å²) >= 11 is 0. The van der Waals surface area contributed by atoms with E-state index in [-0.39, 0.29) is 22.3 Å². The summed E-state index contributed by atoms with van der Waals surface area (Å²) in [4.78, 5) is 0. The van der Waals surface area contributed by atoms with Crippen molar-refractivity contribution in [3.8, 4) is 0 Å². The van der Waals surface area contributed by atoms with Crippen molar-refractivity contribution in [2.24, 2.45) is 0 Å². The maximum atomic E-state index is 15.0. The lowest BCUT2D eigenvalue weighted by Gasteiger charge is -2.32. The molecule has 0 bridgehead atoms. The van der Waals surface area contributed by atoms with Gasteiger partial charge in [0.15, 0.2) is 0 Å². The van der Waals surface area contributed by atoms with Crippen molar-refractivity contribution >= 4 is 0 Å². The highest BCUT2D eigenvalue weighted by atomic mass is 19.3. The van der Waals surface area contributed by atoms with E-state index in [4.69, 9.17) is 0 Å². The SMILES string of the molecule is Cc1cc(C)c(C(F)(F)C(F)(F)c2c(C)cc(C)cc2C)c(C)c1. The zero-order valence-corrected chi connectivity index (χ0v) is 14.8. The van der Waals surface area contributed by atoms with Gasteiger partial charge in [-0.1, -0.05) is 35.4 Å². The first-order chi connectivity index (χ1) is 10.9. The first-order valence-corrected chi connectivity index (χ1v) is 7.82. The van der Waals surface area contributed by atoms with Gasteiger partial charge in [0.25, 0.3) is 0 Å². The Labute approximate surface area is 140 Å². The van der Waals surface area contributed by atoms with Crippen LogP contribution in [-0.4, -0.2) is 0 Å². The van der Waals surface area contributed by atoms with Crippen LogP contribution < -0.4 is 0 Å². The molecule has 130 valence electrons. The number of aryl methyl sites for hydroxylation is 6. The van der Waals surface area contributed by atoms with E-state index in [1.54, 1.807) is 13.8 Å². The molecule has 0 aromatic heterocycles. The molecule has 2 aromatic carbocycles. The first kappa shape index (κ1) is 18.5. The molecular weight excluding hydrogens is 316 g/mol. The van der Waals surface area contributed by atoms with Gasteiger partial charge >= 0.3 is 11.8 Å². The van der Waals surface area contributed by atoms with Crippen LogP contribution >= 0.6 is 0 Å². The van der Waals surface area contributed by atoms with E-state index in [0.717, 1.165) is 11.1 Å². The Morgan fingerprint density at radius 2 is 0.708 bits per heavy atom. The Bertz CT molecular complexity index is 675. The van der Waals surface area contributed by atoms with E-state index in [1.165, 1.54) is 52.0 Å². The Balaban J connectivity index is 2.73. The van der Waals surface area contributed by atoms with Gasteiger partial charge in [-0.05, 0) is 63.8 Å². The van der Waals surface area contributed by atoms with E-state index < -0.39 is 23.0 Å². The van der Waals surface area contributed by atoms with Gasteiger partial charge in [0.2, 0.25) is 0 Å². The van der Waals surface area contributed by atoms with Crippen LogP contribution in [-0.2, 0) is 11.8 Å². The first-order valence-electron chi connectivity index (χ1n) is 7.82. The molecule has 4 heteroatoms. The van der Waals surface area contributed by atoms with E-state index in [2.05, 4.69) is 0 Å². The van der Waals surface area contributed by atoms with E-state index >= 15 is 0 Å². The average molecular weight is 338 g/mol. The maximum absolute atomic E-state index is 15.0. The Kier molecular flexibility index (Phi) is 4.55. The summed E-state index contributed by atoms with van der Waals surface area (Å²) in [7, 11) is 0. The summed E-state index contributed by atoms with van der Waals surface area (Å²) in [6, 6.07) is 6.06. The second kappa shape index (κ2) is 5.91. The molecule has 0 aliphatic heterocycles. The minimum absolute atomic E-state index is 0.180. The summed E-state index contributed by atoms with van der Waals surface area (Å²) in [5, 5.41) is 0. The minimum Gasteiger partial charge on any atom is -0.194 e. The van der Waals surface area contributed by atoms with Crippen molar-refractivity contribution in [2.75, 3.05) is 0 Å². The number of benzene rings is 2. The fourth-order valence-electron chi connectivity index (χ4n) is 3.66.